The highest BCUT2D eigenvalue weighted by atomic mass is 16.3. The Morgan fingerprint density at radius 1 is 1.38 bits per heavy atom. The molecule has 2 rings (SSSR count). The molecule has 0 aromatic carbocycles. The maximum absolute atomic E-state index is 11.7. The van der Waals surface area contributed by atoms with Crippen molar-refractivity contribution >= 4 is 5.91 Å². The summed E-state index contributed by atoms with van der Waals surface area (Å²) in [6, 6.07) is 0.547. The summed E-state index contributed by atoms with van der Waals surface area (Å²) >= 11 is 0. The molecule has 0 bridgehead atoms. The van der Waals surface area contributed by atoms with Crippen LogP contribution in [0, 0.1) is 0 Å². The number of nitrogens with zero attached hydrogens (tertiary/aromatic N) is 2. The Morgan fingerprint density at radius 2 is 2.12 bits per heavy atom. The van der Waals surface area contributed by atoms with E-state index in [-0.39, 0.29) is 18.1 Å². The normalized spacial score (nSPS) is 30.9. The molecule has 2 fully saturated rings. The van der Waals surface area contributed by atoms with Gasteiger partial charge in [-0.05, 0) is 33.1 Å². The van der Waals surface area contributed by atoms with Gasteiger partial charge in [0.25, 0.3) is 0 Å². The number of hydrogen-bond acceptors (Lipinski definition) is 3. The van der Waals surface area contributed by atoms with Crippen LogP contribution in [0.3, 0.4) is 0 Å². The molecule has 1 amide bonds. The molecule has 1 spiro atoms. The summed E-state index contributed by atoms with van der Waals surface area (Å²) in [5.41, 5.74) is 0.0318. The minimum atomic E-state index is -0.344. The molecule has 0 aromatic heterocycles. The molecule has 1 unspecified atom stereocenters. The topological polar surface area (TPSA) is 43.8 Å². The third kappa shape index (κ3) is 1.84. The molecule has 2 saturated heterocycles. The maximum Gasteiger partial charge on any atom is 0.248 e. The number of aliphatic hydroxyl groups is 1. The summed E-state index contributed by atoms with van der Waals surface area (Å²) in [6.45, 7) is 6.94. The fourth-order valence-corrected chi connectivity index (χ4v) is 3.17. The van der Waals surface area contributed by atoms with E-state index in [0.29, 0.717) is 6.04 Å². The Morgan fingerprint density at radius 3 is 2.69 bits per heavy atom. The number of aliphatic hydroxyl groups excluding tert-OH is 1. The zero-order valence-corrected chi connectivity index (χ0v) is 10.3. The van der Waals surface area contributed by atoms with E-state index in [9.17, 15) is 4.79 Å². The molecule has 4 nitrogen and oxygen atoms in total. The van der Waals surface area contributed by atoms with E-state index >= 15 is 0 Å². The van der Waals surface area contributed by atoms with Gasteiger partial charge in [-0.25, -0.2) is 0 Å². The Hall–Kier alpha value is -0.610. The van der Waals surface area contributed by atoms with Gasteiger partial charge >= 0.3 is 0 Å². The van der Waals surface area contributed by atoms with Crippen molar-refractivity contribution in [2.45, 2.75) is 44.7 Å². The predicted molar refractivity (Wildman–Crippen MR) is 62.1 cm³/mol. The first-order valence-corrected chi connectivity index (χ1v) is 6.24. The molecule has 2 aliphatic rings. The first-order chi connectivity index (χ1) is 7.59. The van der Waals surface area contributed by atoms with Gasteiger partial charge in [-0.1, -0.05) is 0 Å². The van der Waals surface area contributed by atoms with Crippen molar-refractivity contribution in [3.05, 3.63) is 0 Å². The maximum atomic E-state index is 11.7. The van der Waals surface area contributed by atoms with Gasteiger partial charge in [0.2, 0.25) is 5.91 Å². The summed E-state index contributed by atoms with van der Waals surface area (Å²) in [7, 11) is 0. The van der Waals surface area contributed by atoms with E-state index in [4.69, 9.17) is 5.11 Å². The van der Waals surface area contributed by atoms with Crippen LogP contribution in [-0.4, -0.2) is 58.6 Å². The molecule has 0 saturated carbocycles. The molecule has 0 aromatic rings. The average molecular weight is 226 g/mol. The summed E-state index contributed by atoms with van der Waals surface area (Å²) in [4.78, 5) is 16.1. The minimum absolute atomic E-state index is 0.0318. The SMILES string of the molecule is CC(C)N1CCC2(CCCN2C(=O)CO)C1. The van der Waals surface area contributed by atoms with Gasteiger partial charge in [0.1, 0.15) is 6.61 Å². The van der Waals surface area contributed by atoms with E-state index in [1.165, 1.54) is 0 Å². The van der Waals surface area contributed by atoms with Crippen molar-refractivity contribution in [3.8, 4) is 0 Å². The molecular weight excluding hydrogens is 204 g/mol. The van der Waals surface area contributed by atoms with Crippen LogP contribution >= 0.6 is 0 Å². The van der Waals surface area contributed by atoms with Gasteiger partial charge in [0, 0.05) is 25.7 Å². The van der Waals surface area contributed by atoms with E-state index in [2.05, 4.69) is 18.7 Å². The zero-order chi connectivity index (χ0) is 11.8. The Balaban J connectivity index is 2.10. The van der Waals surface area contributed by atoms with Crippen LogP contribution in [0.5, 0.6) is 0 Å². The summed E-state index contributed by atoms with van der Waals surface area (Å²) < 4.78 is 0. The van der Waals surface area contributed by atoms with Crippen LogP contribution < -0.4 is 0 Å². The molecular formula is C12H22N2O2. The van der Waals surface area contributed by atoms with Crippen LogP contribution in [0.1, 0.15) is 33.1 Å². The van der Waals surface area contributed by atoms with Gasteiger partial charge in [0.15, 0.2) is 0 Å². The van der Waals surface area contributed by atoms with Gasteiger partial charge in [-0.3, -0.25) is 9.69 Å². The van der Waals surface area contributed by atoms with E-state index in [1.54, 1.807) is 0 Å². The molecule has 0 radical (unpaired) electrons. The predicted octanol–water partition coefficient (Wildman–Crippen LogP) is 0.454. The number of carbonyl (C=O) groups excluding carboxylic acids is 1. The minimum Gasteiger partial charge on any atom is -0.387 e. The lowest BCUT2D eigenvalue weighted by atomic mass is 9.95. The van der Waals surface area contributed by atoms with Gasteiger partial charge < -0.3 is 10.0 Å². The van der Waals surface area contributed by atoms with Crippen molar-refractivity contribution in [1.29, 1.82) is 0 Å². The molecule has 1 N–H and O–H groups in total. The summed E-state index contributed by atoms with van der Waals surface area (Å²) in [6.07, 6.45) is 3.25. The highest BCUT2D eigenvalue weighted by molar-refractivity contribution is 5.78. The Labute approximate surface area is 97.2 Å². The lowest BCUT2D eigenvalue weighted by Gasteiger charge is -2.35. The number of rotatable bonds is 2. The number of amides is 1. The van der Waals surface area contributed by atoms with E-state index in [1.807, 2.05) is 4.90 Å². The van der Waals surface area contributed by atoms with E-state index < -0.39 is 0 Å². The number of carbonyl (C=O) groups is 1. The van der Waals surface area contributed by atoms with Crippen molar-refractivity contribution < 1.29 is 9.90 Å². The van der Waals surface area contributed by atoms with Gasteiger partial charge in [0.05, 0.1) is 5.54 Å². The lowest BCUT2D eigenvalue weighted by molar-refractivity contribution is -0.138. The third-order valence-electron chi connectivity index (χ3n) is 4.12. The smallest absolute Gasteiger partial charge is 0.248 e. The van der Waals surface area contributed by atoms with Crippen molar-refractivity contribution in [2.24, 2.45) is 0 Å². The van der Waals surface area contributed by atoms with Crippen molar-refractivity contribution in [3.63, 3.8) is 0 Å². The molecule has 4 heteroatoms. The first-order valence-electron chi connectivity index (χ1n) is 6.24. The quantitative estimate of drug-likeness (QED) is 0.743. The first kappa shape index (κ1) is 11.9. The van der Waals surface area contributed by atoms with Crippen molar-refractivity contribution in [2.75, 3.05) is 26.2 Å². The van der Waals surface area contributed by atoms with E-state index in [0.717, 1.165) is 38.9 Å². The summed E-state index contributed by atoms with van der Waals surface area (Å²) in [5.74, 6) is -0.0943. The molecule has 0 aliphatic carbocycles. The number of hydrogen-bond donors (Lipinski definition) is 1. The Bertz CT molecular complexity index is 280. The van der Waals surface area contributed by atoms with Crippen LogP contribution in [0.25, 0.3) is 0 Å². The second kappa shape index (κ2) is 4.34. The largest absolute Gasteiger partial charge is 0.387 e. The second-order valence-electron chi connectivity index (χ2n) is 5.35. The fraction of sp³-hybridized carbons (Fsp3) is 0.917. The van der Waals surface area contributed by atoms with Crippen LogP contribution in [0.15, 0.2) is 0 Å². The van der Waals surface area contributed by atoms with Gasteiger partial charge in [-0.2, -0.15) is 0 Å². The Kier molecular flexibility index (Phi) is 3.22. The molecule has 16 heavy (non-hydrogen) atoms. The van der Waals surface area contributed by atoms with Crippen molar-refractivity contribution in [1.82, 2.24) is 9.80 Å². The highest BCUT2D eigenvalue weighted by Crippen LogP contribution is 2.38. The molecule has 1 atom stereocenters. The van der Waals surface area contributed by atoms with Crippen LogP contribution in [0.2, 0.25) is 0 Å². The average Bonchev–Trinajstić information content (AvgIpc) is 2.86. The standard InChI is InChI=1S/C12H22N2O2/c1-10(2)13-7-5-12(9-13)4-3-6-14(12)11(16)8-15/h10,15H,3-9H2,1-2H3. The zero-order valence-electron chi connectivity index (χ0n) is 10.3. The summed E-state index contributed by atoms with van der Waals surface area (Å²) in [5, 5.41) is 9.01. The van der Waals surface area contributed by atoms with Crippen LogP contribution in [0.4, 0.5) is 0 Å². The van der Waals surface area contributed by atoms with Gasteiger partial charge in [-0.15, -0.1) is 0 Å². The fourth-order valence-electron chi connectivity index (χ4n) is 3.17. The number of likely N-dealkylation sites (tertiary alicyclic amines) is 2. The highest BCUT2D eigenvalue weighted by Gasteiger charge is 2.47. The molecule has 2 heterocycles. The third-order valence-corrected chi connectivity index (χ3v) is 4.12. The van der Waals surface area contributed by atoms with Crippen LogP contribution in [-0.2, 0) is 4.79 Å². The lowest BCUT2D eigenvalue weighted by Crippen LogP contribution is -2.50. The molecule has 92 valence electrons. The molecule has 2 aliphatic heterocycles. The monoisotopic (exact) mass is 226 g/mol. The second-order valence-corrected chi connectivity index (χ2v) is 5.35.